The van der Waals surface area contributed by atoms with E-state index in [0.717, 1.165) is 11.3 Å². The van der Waals surface area contributed by atoms with E-state index in [1.165, 1.54) is 5.56 Å². The van der Waals surface area contributed by atoms with Crippen molar-refractivity contribution in [3.05, 3.63) is 41.8 Å². The molecular formula is C14H17NO. The second kappa shape index (κ2) is 3.78. The van der Waals surface area contributed by atoms with E-state index in [1.807, 2.05) is 6.92 Å². The van der Waals surface area contributed by atoms with Crippen molar-refractivity contribution in [1.29, 1.82) is 0 Å². The van der Waals surface area contributed by atoms with Crippen LogP contribution in [0.2, 0.25) is 0 Å². The number of benzene rings is 1. The van der Waals surface area contributed by atoms with E-state index in [4.69, 9.17) is 4.42 Å². The third-order valence-electron chi connectivity index (χ3n) is 2.62. The van der Waals surface area contributed by atoms with Crippen LogP contribution in [0.15, 0.2) is 34.9 Å². The van der Waals surface area contributed by atoms with Crippen molar-refractivity contribution in [2.45, 2.75) is 33.1 Å². The molecule has 2 aromatic rings. The lowest BCUT2D eigenvalue weighted by Gasteiger charge is -2.18. The molecule has 0 aliphatic rings. The van der Waals surface area contributed by atoms with Crippen LogP contribution >= 0.6 is 0 Å². The van der Waals surface area contributed by atoms with Crippen molar-refractivity contribution >= 4 is 0 Å². The Morgan fingerprint density at radius 3 is 2.12 bits per heavy atom. The summed E-state index contributed by atoms with van der Waals surface area (Å²) in [4.78, 5) is 4.21. The van der Waals surface area contributed by atoms with Gasteiger partial charge >= 0.3 is 0 Å². The van der Waals surface area contributed by atoms with Crippen LogP contribution in [0.1, 0.15) is 32.1 Å². The lowest BCUT2D eigenvalue weighted by molar-refractivity contribution is 0.542. The fourth-order valence-corrected chi connectivity index (χ4v) is 1.60. The summed E-state index contributed by atoms with van der Waals surface area (Å²) in [6.07, 6.45) is 1.74. The molecule has 0 amide bonds. The monoisotopic (exact) mass is 215 g/mol. The first-order valence-electron chi connectivity index (χ1n) is 5.50. The van der Waals surface area contributed by atoms with Gasteiger partial charge in [-0.25, -0.2) is 4.98 Å². The molecule has 1 heterocycles. The van der Waals surface area contributed by atoms with Gasteiger partial charge in [0.25, 0.3) is 0 Å². The van der Waals surface area contributed by atoms with Crippen LogP contribution in [-0.4, -0.2) is 4.98 Å². The van der Waals surface area contributed by atoms with Crippen molar-refractivity contribution in [3.8, 4) is 11.5 Å². The molecule has 2 nitrogen and oxygen atoms in total. The minimum Gasteiger partial charge on any atom is -0.441 e. The van der Waals surface area contributed by atoms with E-state index >= 15 is 0 Å². The molecule has 0 radical (unpaired) electrons. The molecule has 0 N–H and O–H groups in total. The zero-order chi connectivity index (χ0) is 11.8. The average molecular weight is 215 g/mol. The van der Waals surface area contributed by atoms with E-state index in [1.54, 1.807) is 6.20 Å². The van der Waals surface area contributed by atoms with Gasteiger partial charge in [-0.1, -0.05) is 32.9 Å². The fourth-order valence-electron chi connectivity index (χ4n) is 1.60. The van der Waals surface area contributed by atoms with Gasteiger partial charge in [0.2, 0.25) is 5.89 Å². The normalized spacial score (nSPS) is 11.8. The highest BCUT2D eigenvalue weighted by Gasteiger charge is 2.13. The third kappa shape index (κ3) is 2.16. The molecule has 0 spiro atoms. The number of rotatable bonds is 1. The second-order valence-electron chi connectivity index (χ2n) is 5.10. The SMILES string of the molecule is Cc1cnc(-c2ccc(C(C)(C)C)cc2)o1. The molecule has 2 rings (SSSR count). The molecule has 16 heavy (non-hydrogen) atoms. The first kappa shape index (κ1) is 10.9. The standard InChI is InChI=1S/C14H17NO/c1-10-9-15-13(16-10)11-5-7-12(8-6-11)14(2,3)4/h5-9H,1-4H3. The van der Waals surface area contributed by atoms with E-state index in [9.17, 15) is 0 Å². The van der Waals surface area contributed by atoms with Gasteiger partial charge in [-0.2, -0.15) is 0 Å². The maximum atomic E-state index is 5.48. The Kier molecular flexibility index (Phi) is 2.58. The van der Waals surface area contributed by atoms with E-state index < -0.39 is 0 Å². The van der Waals surface area contributed by atoms with Gasteiger partial charge in [-0.3, -0.25) is 0 Å². The molecule has 0 aliphatic carbocycles. The van der Waals surface area contributed by atoms with Gasteiger partial charge in [-0.15, -0.1) is 0 Å². The Hall–Kier alpha value is -1.57. The molecule has 0 bridgehead atoms. The maximum Gasteiger partial charge on any atom is 0.226 e. The van der Waals surface area contributed by atoms with Crippen molar-refractivity contribution in [1.82, 2.24) is 4.98 Å². The maximum absolute atomic E-state index is 5.48. The number of hydrogen-bond acceptors (Lipinski definition) is 2. The fraction of sp³-hybridized carbons (Fsp3) is 0.357. The first-order chi connectivity index (χ1) is 7.47. The largest absolute Gasteiger partial charge is 0.441 e. The zero-order valence-corrected chi connectivity index (χ0v) is 10.2. The molecule has 84 valence electrons. The Morgan fingerprint density at radius 2 is 1.69 bits per heavy atom. The number of aromatic nitrogens is 1. The number of aryl methyl sites for hydroxylation is 1. The van der Waals surface area contributed by atoms with Crippen molar-refractivity contribution in [2.75, 3.05) is 0 Å². The van der Waals surface area contributed by atoms with Gasteiger partial charge in [-0.05, 0) is 30.0 Å². The van der Waals surface area contributed by atoms with Crippen LogP contribution in [0, 0.1) is 6.92 Å². The quantitative estimate of drug-likeness (QED) is 0.720. The van der Waals surface area contributed by atoms with Crippen LogP contribution in [0.4, 0.5) is 0 Å². The highest BCUT2D eigenvalue weighted by molar-refractivity contribution is 5.54. The lowest BCUT2D eigenvalue weighted by Crippen LogP contribution is -2.10. The Balaban J connectivity index is 2.33. The van der Waals surface area contributed by atoms with Crippen molar-refractivity contribution < 1.29 is 4.42 Å². The molecule has 0 saturated heterocycles. The first-order valence-corrected chi connectivity index (χ1v) is 5.50. The summed E-state index contributed by atoms with van der Waals surface area (Å²) in [6.45, 7) is 8.52. The lowest BCUT2D eigenvalue weighted by atomic mass is 9.87. The Labute approximate surface area is 96.3 Å². The summed E-state index contributed by atoms with van der Waals surface area (Å²) < 4.78 is 5.48. The molecule has 0 aliphatic heterocycles. The number of nitrogens with zero attached hydrogens (tertiary/aromatic N) is 1. The van der Waals surface area contributed by atoms with E-state index in [2.05, 4.69) is 50.0 Å². The van der Waals surface area contributed by atoms with Gasteiger partial charge in [0.1, 0.15) is 5.76 Å². The minimum absolute atomic E-state index is 0.186. The molecule has 1 aromatic heterocycles. The minimum atomic E-state index is 0.186. The van der Waals surface area contributed by atoms with Crippen molar-refractivity contribution in [2.24, 2.45) is 0 Å². The highest BCUT2D eigenvalue weighted by Crippen LogP contribution is 2.25. The summed E-state index contributed by atoms with van der Waals surface area (Å²) in [6, 6.07) is 8.39. The van der Waals surface area contributed by atoms with E-state index in [0.29, 0.717) is 5.89 Å². The summed E-state index contributed by atoms with van der Waals surface area (Å²) in [5, 5.41) is 0. The second-order valence-corrected chi connectivity index (χ2v) is 5.10. The molecule has 2 heteroatoms. The molecule has 0 saturated carbocycles. The molecule has 0 unspecified atom stereocenters. The van der Waals surface area contributed by atoms with Crippen molar-refractivity contribution in [3.63, 3.8) is 0 Å². The zero-order valence-electron chi connectivity index (χ0n) is 10.2. The third-order valence-corrected chi connectivity index (χ3v) is 2.62. The van der Waals surface area contributed by atoms with Crippen LogP contribution < -0.4 is 0 Å². The Morgan fingerprint density at radius 1 is 1.06 bits per heavy atom. The van der Waals surface area contributed by atoms with Crippen LogP contribution in [-0.2, 0) is 5.41 Å². The molecule has 1 aromatic carbocycles. The number of hydrogen-bond donors (Lipinski definition) is 0. The topological polar surface area (TPSA) is 26.0 Å². The smallest absolute Gasteiger partial charge is 0.226 e. The van der Waals surface area contributed by atoms with Crippen LogP contribution in [0.5, 0.6) is 0 Å². The Bertz CT molecular complexity index is 474. The summed E-state index contributed by atoms with van der Waals surface area (Å²) >= 11 is 0. The van der Waals surface area contributed by atoms with Gasteiger partial charge in [0.15, 0.2) is 0 Å². The predicted octanol–water partition coefficient (Wildman–Crippen LogP) is 3.95. The van der Waals surface area contributed by atoms with Gasteiger partial charge < -0.3 is 4.42 Å². The summed E-state index contributed by atoms with van der Waals surface area (Å²) in [5.74, 6) is 1.54. The highest BCUT2D eigenvalue weighted by atomic mass is 16.4. The van der Waals surface area contributed by atoms with E-state index in [-0.39, 0.29) is 5.41 Å². The predicted molar refractivity (Wildman–Crippen MR) is 65.4 cm³/mol. The average Bonchev–Trinajstić information content (AvgIpc) is 2.64. The molecule has 0 atom stereocenters. The van der Waals surface area contributed by atoms with Crippen LogP contribution in [0.25, 0.3) is 11.5 Å². The number of oxazole rings is 1. The van der Waals surface area contributed by atoms with Crippen LogP contribution in [0.3, 0.4) is 0 Å². The summed E-state index contributed by atoms with van der Waals surface area (Å²) in [5.41, 5.74) is 2.53. The van der Waals surface area contributed by atoms with Gasteiger partial charge in [0, 0.05) is 5.56 Å². The molecular weight excluding hydrogens is 198 g/mol. The van der Waals surface area contributed by atoms with Gasteiger partial charge in [0.05, 0.1) is 6.20 Å². The summed E-state index contributed by atoms with van der Waals surface area (Å²) in [7, 11) is 0. The molecule has 0 fully saturated rings.